The highest BCUT2D eigenvalue weighted by atomic mass is 19.4. The van der Waals surface area contributed by atoms with Gasteiger partial charge in [-0.1, -0.05) is 0 Å². The molecule has 1 aliphatic heterocycles. The number of hydrogen-bond acceptors (Lipinski definition) is 4. The van der Waals surface area contributed by atoms with E-state index < -0.39 is 35.2 Å². The van der Waals surface area contributed by atoms with Crippen LogP contribution in [0.3, 0.4) is 0 Å². The predicted molar refractivity (Wildman–Crippen MR) is 105 cm³/mol. The molecule has 2 atom stereocenters. The zero-order valence-electron chi connectivity index (χ0n) is 16.9. The molecule has 174 valence electrons. The molecule has 3 rings (SSSR count). The highest BCUT2D eigenvalue weighted by Gasteiger charge is 2.32. The Kier molecular flexibility index (Phi) is 7.27. The Labute approximate surface area is 180 Å². The van der Waals surface area contributed by atoms with Gasteiger partial charge in [-0.15, -0.1) is 0 Å². The SMILES string of the molecule is NC(CC(=O)N1CCCC1CNc1cc(C(F)(F)F)ccn1)Cc1cc(F)c(F)cc1F. The second kappa shape index (κ2) is 9.76. The first-order valence-electron chi connectivity index (χ1n) is 10.00. The van der Waals surface area contributed by atoms with Gasteiger partial charge in [0.1, 0.15) is 11.6 Å². The number of benzene rings is 1. The van der Waals surface area contributed by atoms with E-state index >= 15 is 0 Å². The second-order valence-corrected chi connectivity index (χ2v) is 7.72. The van der Waals surface area contributed by atoms with E-state index in [2.05, 4.69) is 10.3 Å². The molecule has 1 aromatic heterocycles. The van der Waals surface area contributed by atoms with Crippen LogP contribution in [0.1, 0.15) is 30.4 Å². The Bertz CT molecular complexity index is 968. The van der Waals surface area contributed by atoms with E-state index in [0.29, 0.717) is 25.5 Å². The monoisotopic (exact) mass is 460 g/mol. The van der Waals surface area contributed by atoms with Crippen LogP contribution in [-0.2, 0) is 17.4 Å². The first-order chi connectivity index (χ1) is 15.0. The minimum Gasteiger partial charge on any atom is -0.368 e. The molecule has 2 unspecified atom stereocenters. The number of nitrogens with two attached hydrogens (primary N) is 1. The molecule has 1 fully saturated rings. The van der Waals surface area contributed by atoms with Crippen LogP contribution < -0.4 is 11.1 Å². The number of nitrogens with one attached hydrogen (secondary N) is 1. The maximum Gasteiger partial charge on any atom is 0.416 e. The molecule has 5 nitrogen and oxygen atoms in total. The Hall–Kier alpha value is -2.82. The number of alkyl halides is 3. The van der Waals surface area contributed by atoms with Gasteiger partial charge in [0.25, 0.3) is 0 Å². The lowest BCUT2D eigenvalue weighted by Gasteiger charge is -2.26. The van der Waals surface area contributed by atoms with Crippen molar-refractivity contribution in [2.75, 3.05) is 18.4 Å². The van der Waals surface area contributed by atoms with Crippen molar-refractivity contribution in [3.8, 4) is 0 Å². The minimum absolute atomic E-state index is 0.0460. The third-order valence-electron chi connectivity index (χ3n) is 5.31. The van der Waals surface area contributed by atoms with Gasteiger partial charge in [0.2, 0.25) is 5.91 Å². The van der Waals surface area contributed by atoms with Crippen molar-refractivity contribution in [1.29, 1.82) is 0 Å². The summed E-state index contributed by atoms with van der Waals surface area (Å²) in [6, 6.07) is 1.83. The molecule has 3 N–H and O–H groups in total. The number of aromatic nitrogens is 1. The maximum atomic E-state index is 13.8. The van der Waals surface area contributed by atoms with Gasteiger partial charge in [0.15, 0.2) is 11.6 Å². The molecular weight excluding hydrogens is 438 g/mol. The quantitative estimate of drug-likeness (QED) is 0.486. The van der Waals surface area contributed by atoms with Crippen LogP contribution in [0.2, 0.25) is 0 Å². The smallest absolute Gasteiger partial charge is 0.368 e. The van der Waals surface area contributed by atoms with E-state index in [1.54, 1.807) is 4.90 Å². The number of likely N-dealkylation sites (tertiary alicyclic amines) is 1. The third kappa shape index (κ3) is 5.90. The van der Waals surface area contributed by atoms with E-state index in [4.69, 9.17) is 5.73 Å². The summed E-state index contributed by atoms with van der Waals surface area (Å²) in [6.07, 6.45) is -2.38. The van der Waals surface area contributed by atoms with Crippen molar-refractivity contribution in [2.24, 2.45) is 5.73 Å². The first-order valence-corrected chi connectivity index (χ1v) is 10.00. The summed E-state index contributed by atoms with van der Waals surface area (Å²) in [7, 11) is 0. The zero-order chi connectivity index (χ0) is 23.5. The molecule has 0 bridgehead atoms. The molecular formula is C21H22F6N4O. The van der Waals surface area contributed by atoms with Crippen molar-refractivity contribution >= 4 is 11.7 Å². The van der Waals surface area contributed by atoms with Crippen molar-refractivity contribution in [2.45, 2.75) is 43.9 Å². The second-order valence-electron chi connectivity index (χ2n) is 7.72. The van der Waals surface area contributed by atoms with Crippen LogP contribution in [0.15, 0.2) is 30.5 Å². The number of hydrogen-bond donors (Lipinski definition) is 2. The number of rotatable bonds is 7. The molecule has 1 saturated heterocycles. The summed E-state index contributed by atoms with van der Waals surface area (Å²) in [5, 5.41) is 2.83. The summed E-state index contributed by atoms with van der Waals surface area (Å²) in [5.74, 6) is -3.71. The lowest BCUT2D eigenvalue weighted by Crippen LogP contribution is -2.42. The van der Waals surface area contributed by atoms with Gasteiger partial charge in [0, 0.05) is 43.9 Å². The van der Waals surface area contributed by atoms with Gasteiger partial charge in [-0.3, -0.25) is 4.79 Å². The number of amides is 1. The van der Waals surface area contributed by atoms with Gasteiger partial charge in [0.05, 0.1) is 5.56 Å². The molecule has 0 spiro atoms. The van der Waals surface area contributed by atoms with Crippen molar-refractivity contribution in [1.82, 2.24) is 9.88 Å². The van der Waals surface area contributed by atoms with Gasteiger partial charge in [-0.05, 0) is 43.0 Å². The molecule has 1 amide bonds. The third-order valence-corrected chi connectivity index (χ3v) is 5.31. The van der Waals surface area contributed by atoms with Crippen molar-refractivity contribution in [3.63, 3.8) is 0 Å². The fourth-order valence-corrected chi connectivity index (χ4v) is 3.72. The molecule has 0 aliphatic carbocycles. The average molecular weight is 460 g/mol. The molecule has 11 heteroatoms. The Morgan fingerprint density at radius 3 is 2.62 bits per heavy atom. The fraction of sp³-hybridized carbons (Fsp3) is 0.429. The molecule has 0 saturated carbocycles. The number of pyridine rings is 1. The Morgan fingerprint density at radius 1 is 1.19 bits per heavy atom. The number of nitrogens with zero attached hydrogens (tertiary/aromatic N) is 2. The van der Waals surface area contributed by atoms with Crippen LogP contribution in [-0.4, -0.2) is 41.0 Å². The predicted octanol–water partition coefficient (Wildman–Crippen LogP) is 3.88. The molecule has 0 radical (unpaired) electrons. The molecule has 1 aliphatic rings. The number of anilines is 1. The Morgan fingerprint density at radius 2 is 1.91 bits per heavy atom. The number of halogens is 6. The fourth-order valence-electron chi connectivity index (χ4n) is 3.72. The standard InChI is InChI=1S/C21H22F6N4O/c22-16-10-18(24)17(23)7-12(16)6-14(28)9-20(32)31-5-1-2-15(31)11-30-19-8-13(3-4-29-19)21(25,26)27/h3-4,7-8,10,14-15H,1-2,5-6,9,11,28H2,(H,29,30). The molecule has 1 aromatic carbocycles. The van der Waals surface area contributed by atoms with Gasteiger partial charge >= 0.3 is 6.18 Å². The zero-order valence-corrected chi connectivity index (χ0v) is 16.9. The molecule has 2 aromatic rings. The van der Waals surface area contributed by atoms with E-state index in [1.807, 2.05) is 0 Å². The lowest BCUT2D eigenvalue weighted by molar-refractivity contribution is -0.137. The summed E-state index contributed by atoms with van der Waals surface area (Å²) in [5.41, 5.74) is 4.98. The summed E-state index contributed by atoms with van der Waals surface area (Å²) < 4.78 is 78.7. The number of carbonyl (C=O) groups is 1. The maximum absolute atomic E-state index is 13.8. The number of carbonyl (C=O) groups excluding carboxylic acids is 1. The molecule has 2 heterocycles. The normalized spacial score (nSPS) is 17.5. The van der Waals surface area contributed by atoms with E-state index in [0.717, 1.165) is 24.4 Å². The first kappa shape index (κ1) is 23.8. The van der Waals surface area contributed by atoms with Crippen LogP contribution in [0.5, 0.6) is 0 Å². The highest BCUT2D eigenvalue weighted by Crippen LogP contribution is 2.30. The van der Waals surface area contributed by atoms with E-state index in [1.165, 1.54) is 0 Å². The summed E-state index contributed by atoms with van der Waals surface area (Å²) in [6.45, 7) is 0.653. The molecule has 32 heavy (non-hydrogen) atoms. The van der Waals surface area contributed by atoms with Gasteiger partial charge < -0.3 is 16.0 Å². The van der Waals surface area contributed by atoms with Crippen LogP contribution in [0, 0.1) is 17.5 Å². The van der Waals surface area contributed by atoms with Crippen LogP contribution >= 0.6 is 0 Å². The van der Waals surface area contributed by atoms with Gasteiger partial charge in [-0.25, -0.2) is 18.2 Å². The van der Waals surface area contributed by atoms with Crippen LogP contribution in [0.25, 0.3) is 0 Å². The Balaban J connectivity index is 1.57. The van der Waals surface area contributed by atoms with Crippen molar-refractivity contribution in [3.05, 3.63) is 59.0 Å². The summed E-state index contributed by atoms with van der Waals surface area (Å²) in [4.78, 5) is 18.1. The lowest BCUT2D eigenvalue weighted by atomic mass is 10.0. The highest BCUT2D eigenvalue weighted by molar-refractivity contribution is 5.77. The van der Waals surface area contributed by atoms with Crippen molar-refractivity contribution < 1.29 is 31.1 Å². The van der Waals surface area contributed by atoms with Gasteiger partial charge in [-0.2, -0.15) is 13.2 Å². The topological polar surface area (TPSA) is 71.2 Å². The average Bonchev–Trinajstić information content (AvgIpc) is 3.19. The minimum atomic E-state index is -4.49. The largest absolute Gasteiger partial charge is 0.416 e. The van der Waals surface area contributed by atoms with E-state index in [-0.39, 0.29) is 42.7 Å². The van der Waals surface area contributed by atoms with Crippen LogP contribution in [0.4, 0.5) is 32.2 Å². The van der Waals surface area contributed by atoms with E-state index in [9.17, 15) is 31.1 Å². The summed E-state index contributed by atoms with van der Waals surface area (Å²) >= 11 is 0.